The number of nitrogens with zero attached hydrogens (tertiary/aromatic N) is 3. The van der Waals surface area contributed by atoms with Gasteiger partial charge in [0.05, 0.1) is 6.04 Å². The zero-order valence-electron chi connectivity index (χ0n) is 16.4. The minimum absolute atomic E-state index is 0.0770. The highest BCUT2D eigenvalue weighted by Crippen LogP contribution is 2.43. The number of aryl methyl sites for hydroxylation is 1. The zero-order chi connectivity index (χ0) is 20.6. The molecule has 1 aromatic carbocycles. The third-order valence-corrected chi connectivity index (χ3v) is 5.78. The first kappa shape index (κ1) is 19.8. The largest absolute Gasteiger partial charge is 0.410 e. The fraction of sp³-hybridized carbons (Fsp3) is 0.524. The molecule has 1 fully saturated rings. The van der Waals surface area contributed by atoms with Crippen molar-refractivity contribution in [3.8, 4) is 0 Å². The minimum atomic E-state index is -4.45. The molecule has 1 N–H and O–H groups in total. The Kier molecular flexibility index (Phi) is 5.27. The summed E-state index contributed by atoms with van der Waals surface area (Å²) in [7, 11) is 0. The van der Waals surface area contributed by atoms with Gasteiger partial charge in [-0.3, -0.25) is 4.79 Å². The molecule has 0 saturated carbocycles. The van der Waals surface area contributed by atoms with Crippen LogP contribution in [0.1, 0.15) is 65.8 Å². The number of rotatable bonds is 2. The van der Waals surface area contributed by atoms with E-state index in [2.05, 4.69) is 10.4 Å². The van der Waals surface area contributed by atoms with Gasteiger partial charge in [-0.15, -0.1) is 0 Å². The van der Waals surface area contributed by atoms with Crippen LogP contribution in [0.15, 0.2) is 30.3 Å². The lowest BCUT2D eigenvalue weighted by atomic mass is 9.96. The van der Waals surface area contributed by atoms with Crippen LogP contribution in [0, 0.1) is 6.92 Å². The van der Waals surface area contributed by atoms with Gasteiger partial charge < -0.3 is 10.2 Å². The Bertz CT molecular complexity index is 867. The maximum absolute atomic E-state index is 13.8. The van der Waals surface area contributed by atoms with Crippen molar-refractivity contribution >= 4 is 11.7 Å². The second-order valence-electron chi connectivity index (χ2n) is 7.97. The van der Waals surface area contributed by atoms with Crippen LogP contribution in [0.4, 0.5) is 19.0 Å². The fourth-order valence-electron chi connectivity index (χ4n) is 4.13. The molecule has 3 heterocycles. The highest BCUT2D eigenvalue weighted by atomic mass is 19.4. The van der Waals surface area contributed by atoms with Crippen LogP contribution >= 0.6 is 0 Å². The standard InChI is InChI=1S/C21H25F3N4O/c1-14-6-8-15(9-7-14)16-12-18(21(22,23)24)28-19(25-16)13-17(26-28)20(29)27-10-4-2-3-5-11-27/h6-9,13,16,18,25H,2-5,10-12H2,1H3/t16-,18+/m1/s1. The summed E-state index contributed by atoms with van der Waals surface area (Å²) in [5, 5.41) is 7.24. The van der Waals surface area contributed by atoms with Gasteiger partial charge in [-0.25, -0.2) is 4.68 Å². The molecule has 0 bridgehead atoms. The van der Waals surface area contributed by atoms with Crippen LogP contribution in [-0.4, -0.2) is 39.9 Å². The minimum Gasteiger partial charge on any atom is -0.363 e. The van der Waals surface area contributed by atoms with Gasteiger partial charge in [0.25, 0.3) is 5.91 Å². The van der Waals surface area contributed by atoms with E-state index in [0.29, 0.717) is 13.1 Å². The molecule has 4 rings (SSSR count). The average Bonchev–Trinajstić information content (AvgIpc) is 2.92. The predicted octanol–water partition coefficient (Wildman–Crippen LogP) is 4.87. The first-order valence-corrected chi connectivity index (χ1v) is 10.1. The van der Waals surface area contributed by atoms with Crippen LogP contribution in [0.2, 0.25) is 0 Å². The molecular formula is C21H25F3N4O. The molecule has 5 nitrogen and oxygen atoms in total. The van der Waals surface area contributed by atoms with E-state index in [1.807, 2.05) is 31.2 Å². The second-order valence-corrected chi connectivity index (χ2v) is 7.97. The first-order chi connectivity index (χ1) is 13.8. The van der Waals surface area contributed by atoms with Crippen LogP contribution in [0.25, 0.3) is 0 Å². The van der Waals surface area contributed by atoms with Gasteiger partial charge in [0.15, 0.2) is 11.7 Å². The Labute approximate surface area is 167 Å². The topological polar surface area (TPSA) is 50.2 Å². The van der Waals surface area contributed by atoms with E-state index in [9.17, 15) is 18.0 Å². The number of amides is 1. The van der Waals surface area contributed by atoms with E-state index in [4.69, 9.17) is 0 Å². The van der Waals surface area contributed by atoms with E-state index in [0.717, 1.165) is 41.5 Å². The molecule has 8 heteroatoms. The van der Waals surface area contributed by atoms with Gasteiger partial charge in [-0.05, 0) is 25.3 Å². The summed E-state index contributed by atoms with van der Waals surface area (Å²) in [5.74, 6) is -0.0502. The number of likely N-dealkylation sites (tertiary alicyclic amines) is 1. The van der Waals surface area contributed by atoms with E-state index < -0.39 is 18.3 Å². The summed E-state index contributed by atoms with van der Waals surface area (Å²) < 4.78 is 42.4. The summed E-state index contributed by atoms with van der Waals surface area (Å²) in [5.41, 5.74) is 1.92. The fourth-order valence-corrected chi connectivity index (χ4v) is 4.13. The van der Waals surface area contributed by atoms with Crippen LogP contribution < -0.4 is 5.32 Å². The average molecular weight is 406 g/mol. The zero-order valence-corrected chi connectivity index (χ0v) is 16.4. The maximum atomic E-state index is 13.8. The molecule has 0 spiro atoms. The quantitative estimate of drug-likeness (QED) is 0.774. The molecule has 2 atom stereocenters. The van der Waals surface area contributed by atoms with Crippen molar-refractivity contribution in [3.63, 3.8) is 0 Å². The number of halogens is 3. The molecule has 1 amide bonds. The summed E-state index contributed by atoms with van der Waals surface area (Å²) in [6, 6.07) is 6.67. The number of hydrogen-bond donors (Lipinski definition) is 1. The second kappa shape index (κ2) is 7.72. The van der Waals surface area contributed by atoms with Gasteiger partial charge in [0.2, 0.25) is 0 Å². The monoisotopic (exact) mass is 406 g/mol. The Morgan fingerprint density at radius 2 is 1.76 bits per heavy atom. The molecule has 2 aromatic rings. The highest BCUT2D eigenvalue weighted by molar-refractivity contribution is 5.93. The molecule has 0 unspecified atom stereocenters. The number of anilines is 1. The van der Waals surface area contributed by atoms with Gasteiger partial charge in [0.1, 0.15) is 5.82 Å². The lowest BCUT2D eigenvalue weighted by Crippen LogP contribution is -2.36. The Hall–Kier alpha value is -2.51. The molecule has 1 aromatic heterocycles. The Morgan fingerprint density at radius 1 is 1.10 bits per heavy atom. The van der Waals surface area contributed by atoms with E-state index in [-0.39, 0.29) is 23.8 Å². The number of alkyl halides is 3. The van der Waals surface area contributed by atoms with Crippen molar-refractivity contribution in [3.05, 3.63) is 47.2 Å². The van der Waals surface area contributed by atoms with Gasteiger partial charge >= 0.3 is 6.18 Å². The van der Waals surface area contributed by atoms with Crippen LogP contribution in [0.3, 0.4) is 0 Å². The van der Waals surface area contributed by atoms with Crippen LogP contribution in [-0.2, 0) is 0 Å². The number of nitrogens with one attached hydrogen (secondary N) is 1. The van der Waals surface area contributed by atoms with Crippen molar-refractivity contribution < 1.29 is 18.0 Å². The molecule has 1 saturated heterocycles. The Balaban J connectivity index is 1.64. The van der Waals surface area contributed by atoms with Crippen molar-refractivity contribution in [2.75, 3.05) is 18.4 Å². The van der Waals surface area contributed by atoms with Crippen LogP contribution in [0.5, 0.6) is 0 Å². The summed E-state index contributed by atoms with van der Waals surface area (Å²) >= 11 is 0. The van der Waals surface area contributed by atoms with Crippen molar-refractivity contribution in [1.82, 2.24) is 14.7 Å². The summed E-state index contributed by atoms with van der Waals surface area (Å²) in [4.78, 5) is 14.6. The van der Waals surface area contributed by atoms with E-state index >= 15 is 0 Å². The van der Waals surface area contributed by atoms with E-state index in [1.165, 1.54) is 6.07 Å². The smallest absolute Gasteiger partial charge is 0.363 e. The molecule has 2 aliphatic rings. The molecular weight excluding hydrogens is 381 g/mol. The molecule has 29 heavy (non-hydrogen) atoms. The third kappa shape index (κ3) is 4.11. The predicted molar refractivity (Wildman–Crippen MR) is 104 cm³/mol. The molecule has 0 radical (unpaired) electrons. The first-order valence-electron chi connectivity index (χ1n) is 10.1. The lowest BCUT2D eigenvalue weighted by Gasteiger charge is -2.33. The molecule has 2 aliphatic heterocycles. The lowest BCUT2D eigenvalue weighted by molar-refractivity contribution is -0.173. The number of carbonyl (C=O) groups is 1. The number of hydrogen-bond acceptors (Lipinski definition) is 3. The van der Waals surface area contributed by atoms with Gasteiger partial charge in [-0.2, -0.15) is 18.3 Å². The van der Waals surface area contributed by atoms with Crippen molar-refractivity contribution in [2.45, 2.75) is 57.3 Å². The highest BCUT2D eigenvalue weighted by Gasteiger charge is 2.47. The Morgan fingerprint density at radius 3 is 2.38 bits per heavy atom. The number of aromatic nitrogens is 2. The summed E-state index contributed by atoms with van der Waals surface area (Å²) in [6.07, 6.45) is -0.650. The number of carbonyl (C=O) groups excluding carboxylic acids is 1. The van der Waals surface area contributed by atoms with Crippen molar-refractivity contribution in [1.29, 1.82) is 0 Å². The maximum Gasteiger partial charge on any atom is 0.410 e. The van der Waals surface area contributed by atoms with Gasteiger partial charge in [0, 0.05) is 25.6 Å². The number of fused-ring (bicyclic) bond motifs is 1. The summed E-state index contributed by atoms with van der Waals surface area (Å²) in [6.45, 7) is 3.19. The van der Waals surface area contributed by atoms with Gasteiger partial charge in [-0.1, -0.05) is 42.7 Å². The molecule has 156 valence electrons. The third-order valence-electron chi connectivity index (χ3n) is 5.78. The molecule has 0 aliphatic carbocycles. The van der Waals surface area contributed by atoms with E-state index in [1.54, 1.807) is 4.90 Å². The normalized spacial score (nSPS) is 22.6. The van der Waals surface area contributed by atoms with Crippen molar-refractivity contribution in [2.24, 2.45) is 0 Å². The number of benzene rings is 1. The SMILES string of the molecule is Cc1ccc([C@H]2C[C@@H](C(F)(F)F)n3nc(C(=O)N4CCCCCC4)cc3N2)cc1.